The Hall–Kier alpha value is -2.33. The molecule has 1 N–H and O–H groups in total. The zero-order chi connectivity index (χ0) is 17.7. The number of fused-ring (bicyclic) bond motifs is 3. The predicted octanol–water partition coefficient (Wildman–Crippen LogP) is 5.69. The number of nitro groups is 1. The Bertz CT molecular complexity index is 907. The second-order valence-electron chi connectivity index (χ2n) is 6.99. The van der Waals surface area contributed by atoms with Gasteiger partial charge in [0.1, 0.15) is 5.02 Å². The van der Waals surface area contributed by atoms with Crippen molar-refractivity contribution in [2.45, 2.75) is 32.2 Å². The van der Waals surface area contributed by atoms with E-state index in [0.29, 0.717) is 11.8 Å². The van der Waals surface area contributed by atoms with Crippen LogP contribution in [0.1, 0.15) is 40.6 Å². The van der Waals surface area contributed by atoms with E-state index in [0.717, 1.165) is 17.7 Å². The molecule has 25 heavy (non-hydrogen) atoms. The molecule has 3 atom stereocenters. The number of nitrogens with zero attached hydrogens (tertiary/aromatic N) is 1. The molecule has 1 aliphatic carbocycles. The number of nitrogens with one attached hydrogen (secondary N) is 1. The zero-order valence-corrected chi connectivity index (χ0v) is 14.9. The second kappa shape index (κ2) is 5.88. The fraction of sp³-hybridized carbons (Fsp3) is 0.300. The van der Waals surface area contributed by atoms with Crippen LogP contribution < -0.4 is 5.32 Å². The summed E-state index contributed by atoms with van der Waals surface area (Å²) in [5, 5.41) is 15.1. The van der Waals surface area contributed by atoms with Crippen LogP contribution in [0.4, 0.5) is 11.4 Å². The molecule has 4 rings (SSSR count). The van der Waals surface area contributed by atoms with Crippen molar-refractivity contribution in [1.82, 2.24) is 0 Å². The highest BCUT2D eigenvalue weighted by atomic mass is 35.5. The monoisotopic (exact) mass is 354 g/mol. The smallest absolute Gasteiger partial charge is 0.288 e. The minimum Gasteiger partial charge on any atom is -0.378 e. The molecule has 0 amide bonds. The van der Waals surface area contributed by atoms with Crippen LogP contribution in [-0.4, -0.2) is 4.92 Å². The SMILES string of the molecule is Cc1cc(C)c2c(c1)NC(c1ccc(Cl)c([N+](=O)[O-])c1)C1CC=CC21. The van der Waals surface area contributed by atoms with E-state index in [9.17, 15) is 10.1 Å². The van der Waals surface area contributed by atoms with Gasteiger partial charge in [0.05, 0.1) is 11.0 Å². The third kappa shape index (κ3) is 2.61. The molecule has 0 aromatic heterocycles. The van der Waals surface area contributed by atoms with Crippen molar-refractivity contribution in [2.24, 2.45) is 5.92 Å². The average molecular weight is 355 g/mol. The molecule has 0 saturated carbocycles. The lowest BCUT2D eigenvalue weighted by atomic mass is 9.75. The summed E-state index contributed by atoms with van der Waals surface area (Å²) in [7, 11) is 0. The van der Waals surface area contributed by atoms with E-state index in [1.54, 1.807) is 12.1 Å². The Morgan fingerprint density at radius 2 is 2.04 bits per heavy atom. The molecule has 2 aromatic rings. The molecule has 3 unspecified atom stereocenters. The van der Waals surface area contributed by atoms with Crippen LogP contribution in [0, 0.1) is 29.9 Å². The third-order valence-corrected chi connectivity index (χ3v) is 5.66. The number of hydrogen-bond donors (Lipinski definition) is 1. The molecule has 5 heteroatoms. The van der Waals surface area contributed by atoms with Crippen molar-refractivity contribution in [3.63, 3.8) is 0 Å². The van der Waals surface area contributed by atoms with Crippen LogP contribution in [0.5, 0.6) is 0 Å². The minimum atomic E-state index is -0.415. The van der Waals surface area contributed by atoms with Crippen LogP contribution in [-0.2, 0) is 0 Å². The van der Waals surface area contributed by atoms with Crippen molar-refractivity contribution in [3.05, 3.63) is 79.9 Å². The molecule has 2 aromatic carbocycles. The van der Waals surface area contributed by atoms with E-state index in [-0.39, 0.29) is 16.8 Å². The van der Waals surface area contributed by atoms with Crippen LogP contribution in [0.25, 0.3) is 0 Å². The molecular weight excluding hydrogens is 336 g/mol. The molecule has 0 bridgehead atoms. The summed E-state index contributed by atoms with van der Waals surface area (Å²) < 4.78 is 0. The Balaban J connectivity index is 1.82. The van der Waals surface area contributed by atoms with Crippen molar-refractivity contribution in [2.75, 3.05) is 5.32 Å². The van der Waals surface area contributed by atoms with Gasteiger partial charge < -0.3 is 5.32 Å². The number of anilines is 1. The highest BCUT2D eigenvalue weighted by Gasteiger charge is 2.39. The third-order valence-electron chi connectivity index (χ3n) is 5.34. The second-order valence-corrected chi connectivity index (χ2v) is 7.39. The lowest BCUT2D eigenvalue weighted by Gasteiger charge is -2.38. The van der Waals surface area contributed by atoms with Crippen molar-refractivity contribution >= 4 is 23.0 Å². The maximum Gasteiger partial charge on any atom is 0.288 e. The van der Waals surface area contributed by atoms with Crippen LogP contribution >= 0.6 is 11.6 Å². The van der Waals surface area contributed by atoms with E-state index in [4.69, 9.17) is 11.6 Å². The first-order valence-corrected chi connectivity index (χ1v) is 8.81. The molecular formula is C20H19ClN2O2. The first-order chi connectivity index (χ1) is 12.0. The van der Waals surface area contributed by atoms with Gasteiger partial charge in [0, 0.05) is 17.7 Å². The molecule has 1 aliphatic heterocycles. The van der Waals surface area contributed by atoms with Crippen LogP contribution in [0.3, 0.4) is 0 Å². The molecule has 0 spiro atoms. The summed E-state index contributed by atoms with van der Waals surface area (Å²) in [5.41, 5.74) is 5.88. The van der Waals surface area contributed by atoms with E-state index in [1.165, 1.54) is 16.7 Å². The summed E-state index contributed by atoms with van der Waals surface area (Å²) in [6.45, 7) is 4.25. The number of rotatable bonds is 2. The standard InChI is InChI=1S/C20H19ClN2O2/c1-11-8-12(2)19-14-4-3-5-15(14)20(22-17(19)9-11)13-6-7-16(21)18(10-13)23(24)25/h3-4,6-10,14-15,20,22H,5H2,1-2H3. The summed E-state index contributed by atoms with van der Waals surface area (Å²) in [5.74, 6) is 0.700. The minimum absolute atomic E-state index is 0.0321. The highest BCUT2D eigenvalue weighted by Crippen LogP contribution is 2.51. The summed E-state index contributed by atoms with van der Waals surface area (Å²) >= 11 is 5.99. The molecule has 0 saturated heterocycles. The van der Waals surface area contributed by atoms with Crippen LogP contribution in [0.15, 0.2) is 42.5 Å². The average Bonchev–Trinajstić information content (AvgIpc) is 3.03. The van der Waals surface area contributed by atoms with Gasteiger partial charge in [-0.05, 0) is 60.6 Å². The fourth-order valence-electron chi connectivity index (χ4n) is 4.33. The number of allylic oxidation sites excluding steroid dienone is 2. The Labute approximate surface area is 151 Å². The Morgan fingerprint density at radius 3 is 2.80 bits per heavy atom. The first kappa shape index (κ1) is 16.2. The van der Waals surface area contributed by atoms with E-state index in [1.807, 2.05) is 6.07 Å². The maximum atomic E-state index is 11.3. The summed E-state index contributed by atoms with van der Waals surface area (Å²) in [4.78, 5) is 10.8. The van der Waals surface area contributed by atoms with Crippen molar-refractivity contribution in [3.8, 4) is 0 Å². The number of nitro benzene ring substituents is 1. The lowest BCUT2D eigenvalue weighted by Crippen LogP contribution is -2.29. The summed E-state index contributed by atoms with van der Waals surface area (Å²) in [6.07, 6.45) is 5.47. The largest absolute Gasteiger partial charge is 0.378 e. The van der Waals surface area contributed by atoms with Gasteiger partial charge in [-0.2, -0.15) is 0 Å². The highest BCUT2D eigenvalue weighted by molar-refractivity contribution is 6.32. The normalized spacial score (nSPS) is 23.7. The van der Waals surface area contributed by atoms with E-state index >= 15 is 0 Å². The Kier molecular flexibility index (Phi) is 3.80. The summed E-state index contributed by atoms with van der Waals surface area (Å²) in [6, 6.07) is 9.56. The van der Waals surface area contributed by atoms with Crippen LogP contribution in [0.2, 0.25) is 5.02 Å². The number of aryl methyl sites for hydroxylation is 2. The maximum absolute atomic E-state index is 11.3. The fourth-order valence-corrected chi connectivity index (χ4v) is 4.52. The van der Waals surface area contributed by atoms with Gasteiger partial charge in [-0.3, -0.25) is 10.1 Å². The molecule has 0 fully saturated rings. The van der Waals surface area contributed by atoms with Gasteiger partial charge in [0.2, 0.25) is 0 Å². The Morgan fingerprint density at radius 1 is 1.24 bits per heavy atom. The van der Waals surface area contributed by atoms with Gasteiger partial charge in [0.25, 0.3) is 5.69 Å². The molecule has 128 valence electrons. The number of halogens is 1. The van der Waals surface area contributed by atoms with Gasteiger partial charge in [-0.25, -0.2) is 0 Å². The molecule has 0 radical (unpaired) electrons. The van der Waals surface area contributed by atoms with Gasteiger partial charge in [0.15, 0.2) is 0 Å². The number of benzene rings is 2. The quantitative estimate of drug-likeness (QED) is 0.428. The lowest BCUT2D eigenvalue weighted by molar-refractivity contribution is -0.384. The molecule has 4 nitrogen and oxygen atoms in total. The topological polar surface area (TPSA) is 55.2 Å². The van der Waals surface area contributed by atoms with Gasteiger partial charge in [-0.1, -0.05) is 35.9 Å². The zero-order valence-electron chi connectivity index (χ0n) is 14.1. The predicted molar refractivity (Wildman–Crippen MR) is 100 cm³/mol. The van der Waals surface area contributed by atoms with E-state index < -0.39 is 4.92 Å². The van der Waals surface area contributed by atoms with Crippen molar-refractivity contribution < 1.29 is 4.92 Å². The molecule has 2 aliphatic rings. The number of hydrogen-bond acceptors (Lipinski definition) is 3. The van der Waals surface area contributed by atoms with Crippen molar-refractivity contribution in [1.29, 1.82) is 0 Å². The van der Waals surface area contributed by atoms with Gasteiger partial charge in [-0.15, -0.1) is 0 Å². The van der Waals surface area contributed by atoms with E-state index in [2.05, 4.69) is 43.4 Å². The molecule has 1 heterocycles. The first-order valence-electron chi connectivity index (χ1n) is 8.44. The van der Waals surface area contributed by atoms with Gasteiger partial charge >= 0.3 is 0 Å².